The molecule has 2 N–H and O–H groups in total. The summed E-state index contributed by atoms with van der Waals surface area (Å²) in [4.78, 5) is 6.73. The fourth-order valence-electron chi connectivity index (χ4n) is 2.59. The number of nitrogens with zero attached hydrogens (tertiary/aromatic N) is 2. The van der Waals surface area contributed by atoms with Crippen molar-refractivity contribution in [2.45, 2.75) is 12.8 Å². The number of hydrogen-bond donors (Lipinski definition) is 2. The summed E-state index contributed by atoms with van der Waals surface area (Å²) in [5, 5.41) is 6.87. The molecule has 2 fully saturated rings. The molecule has 0 radical (unpaired) electrons. The molecular formula is C14H28N4OS. The number of morpholine rings is 1. The number of rotatable bonds is 5. The van der Waals surface area contributed by atoms with E-state index >= 15 is 0 Å². The average molecular weight is 300 g/mol. The van der Waals surface area contributed by atoms with Gasteiger partial charge in [-0.25, -0.2) is 0 Å². The number of aliphatic imine (C=N–C) groups is 1. The minimum Gasteiger partial charge on any atom is -0.379 e. The van der Waals surface area contributed by atoms with E-state index in [1.54, 1.807) is 0 Å². The average Bonchev–Trinajstić information content (AvgIpc) is 2.52. The van der Waals surface area contributed by atoms with Crippen LogP contribution in [-0.2, 0) is 4.74 Å². The standard InChI is InChI=1S/C14H28N4OS/c1-15-14(17-11-13-3-2-10-20-12-13)16-4-5-18-6-8-19-9-7-18/h13H,2-12H2,1H3,(H2,15,16,17). The molecule has 0 aliphatic carbocycles. The van der Waals surface area contributed by atoms with Gasteiger partial charge in [-0.3, -0.25) is 9.89 Å². The van der Waals surface area contributed by atoms with Crippen molar-refractivity contribution in [3.05, 3.63) is 0 Å². The van der Waals surface area contributed by atoms with Crippen LogP contribution >= 0.6 is 11.8 Å². The third kappa shape index (κ3) is 5.89. The predicted molar refractivity (Wildman–Crippen MR) is 86.7 cm³/mol. The molecule has 0 amide bonds. The Morgan fingerprint density at radius 3 is 2.90 bits per heavy atom. The Bertz CT molecular complexity index is 289. The van der Waals surface area contributed by atoms with E-state index < -0.39 is 0 Å². The van der Waals surface area contributed by atoms with E-state index in [1.807, 2.05) is 7.05 Å². The van der Waals surface area contributed by atoms with Crippen LogP contribution in [-0.4, -0.2) is 75.4 Å². The van der Waals surface area contributed by atoms with Crippen molar-refractivity contribution in [2.75, 3.05) is 64.5 Å². The highest BCUT2D eigenvalue weighted by Gasteiger charge is 2.14. The van der Waals surface area contributed by atoms with E-state index in [-0.39, 0.29) is 0 Å². The van der Waals surface area contributed by atoms with Crippen molar-refractivity contribution >= 4 is 17.7 Å². The highest BCUT2D eigenvalue weighted by atomic mass is 32.2. The van der Waals surface area contributed by atoms with Crippen LogP contribution in [0.2, 0.25) is 0 Å². The number of nitrogens with one attached hydrogen (secondary N) is 2. The quantitative estimate of drug-likeness (QED) is 0.576. The molecule has 0 aromatic rings. The van der Waals surface area contributed by atoms with E-state index in [2.05, 4.69) is 32.3 Å². The first-order valence-electron chi connectivity index (χ1n) is 7.71. The monoisotopic (exact) mass is 300 g/mol. The molecule has 0 bridgehead atoms. The third-order valence-corrected chi connectivity index (χ3v) is 5.15. The molecule has 0 aromatic carbocycles. The van der Waals surface area contributed by atoms with Gasteiger partial charge in [0.2, 0.25) is 0 Å². The molecule has 5 nitrogen and oxygen atoms in total. The Balaban J connectivity index is 1.57. The second-order valence-electron chi connectivity index (χ2n) is 5.42. The zero-order valence-electron chi connectivity index (χ0n) is 12.6. The lowest BCUT2D eigenvalue weighted by Gasteiger charge is -2.27. The van der Waals surface area contributed by atoms with Gasteiger partial charge in [-0.05, 0) is 30.3 Å². The molecule has 0 saturated carbocycles. The molecule has 1 unspecified atom stereocenters. The lowest BCUT2D eigenvalue weighted by Crippen LogP contribution is -2.45. The summed E-state index contributed by atoms with van der Waals surface area (Å²) in [5.41, 5.74) is 0. The predicted octanol–water partition coefficient (Wildman–Crippen LogP) is 0.627. The normalized spacial score (nSPS) is 25.4. The van der Waals surface area contributed by atoms with Crippen LogP contribution in [0.1, 0.15) is 12.8 Å². The minimum atomic E-state index is 0.798. The highest BCUT2D eigenvalue weighted by molar-refractivity contribution is 7.99. The van der Waals surface area contributed by atoms with Crippen LogP contribution in [0.15, 0.2) is 4.99 Å². The van der Waals surface area contributed by atoms with Gasteiger partial charge in [-0.1, -0.05) is 0 Å². The molecule has 2 aliphatic rings. The second-order valence-corrected chi connectivity index (χ2v) is 6.57. The smallest absolute Gasteiger partial charge is 0.191 e. The minimum absolute atomic E-state index is 0.798. The largest absolute Gasteiger partial charge is 0.379 e. The van der Waals surface area contributed by atoms with Gasteiger partial charge in [0, 0.05) is 39.8 Å². The Kier molecular flexibility index (Phi) is 7.54. The molecule has 1 atom stereocenters. The van der Waals surface area contributed by atoms with Gasteiger partial charge in [-0.2, -0.15) is 11.8 Å². The molecule has 2 saturated heterocycles. The molecule has 20 heavy (non-hydrogen) atoms. The number of guanidine groups is 1. The maximum absolute atomic E-state index is 5.35. The fourth-order valence-corrected chi connectivity index (χ4v) is 3.74. The Morgan fingerprint density at radius 2 is 2.20 bits per heavy atom. The number of ether oxygens (including phenoxy) is 1. The second kappa shape index (κ2) is 9.47. The summed E-state index contributed by atoms with van der Waals surface area (Å²) in [5.74, 6) is 4.36. The topological polar surface area (TPSA) is 48.9 Å². The molecule has 0 spiro atoms. The van der Waals surface area contributed by atoms with Crippen LogP contribution in [0.25, 0.3) is 0 Å². The van der Waals surface area contributed by atoms with Gasteiger partial charge in [0.25, 0.3) is 0 Å². The first-order valence-corrected chi connectivity index (χ1v) is 8.86. The molecule has 6 heteroatoms. The van der Waals surface area contributed by atoms with E-state index in [1.165, 1.54) is 24.3 Å². The van der Waals surface area contributed by atoms with Gasteiger partial charge in [0.1, 0.15) is 0 Å². The van der Waals surface area contributed by atoms with E-state index in [0.29, 0.717) is 0 Å². The van der Waals surface area contributed by atoms with Crippen LogP contribution in [0.4, 0.5) is 0 Å². The lowest BCUT2D eigenvalue weighted by atomic mass is 10.1. The molecular weight excluding hydrogens is 272 g/mol. The van der Waals surface area contributed by atoms with Gasteiger partial charge in [-0.15, -0.1) is 0 Å². The third-order valence-electron chi connectivity index (χ3n) is 3.86. The molecule has 2 heterocycles. The van der Waals surface area contributed by atoms with E-state index in [4.69, 9.17) is 4.74 Å². The summed E-state index contributed by atoms with van der Waals surface area (Å²) >= 11 is 2.08. The summed E-state index contributed by atoms with van der Waals surface area (Å²) in [7, 11) is 1.85. The Hall–Kier alpha value is -0.460. The summed E-state index contributed by atoms with van der Waals surface area (Å²) in [6.07, 6.45) is 2.71. The molecule has 2 aliphatic heterocycles. The molecule has 0 aromatic heterocycles. The van der Waals surface area contributed by atoms with E-state index in [0.717, 1.165) is 57.8 Å². The van der Waals surface area contributed by atoms with Gasteiger partial charge in [0.15, 0.2) is 5.96 Å². The summed E-state index contributed by atoms with van der Waals surface area (Å²) < 4.78 is 5.35. The van der Waals surface area contributed by atoms with Gasteiger partial charge < -0.3 is 15.4 Å². The Morgan fingerprint density at radius 1 is 1.35 bits per heavy atom. The van der Waals surface area contributed by atoms with Crippen LogP contribution in [0.5, 0.6) is 0 Å². The van der Waals surface area contributed by atoms with Gasteiger partial charge >= 0.3 is 0 Å². The van der Waals surface area contributed by atoms with Crippen molar-refractivity contribution < 1.29 is 4.74 Å². The van der Waals surface area contributed by atoms with Crippen molar-refractivity contribution in [3.63, 3.8) is 0 Å². The number of thioether (sulfide) groups is 1. The summed E-state index contributed by atoms with van der Waals surface area (Å²) in [6, 6.07) is 0. The number of hydrogen-bond acceptors (Lipinski definition) is 4. The van der Waals surface area contributed by atoms with Crippen molar-refractivity contribution in [2.24, 2.45) is 10.9 Å². The fraction of sp³-hybridized carbons (Fsp3) is 0.929. The first kappa shape index (κ1) is 15.9. The Labute approximate surface area is 126 Å². The highest BCUT2D eigenvalue weighted by Crippen LogP contribution is 2.21. The zero-order valence-corrected chi connectivity index (χ0v) is 13.4. The van der Waals surface area contributed by atoms with Crippen LogP contribution < -0.4 is 10.6 Å². The van der Waals surface area contributed by atoms with E-state index in [9.17, 15) is 0 Å². The lowest BCUT2D eigenvalue weighted by molar-refractivity contribution is 0.0389. The van der Waals surface area contributed by atoms with Crippen LogP contribution in [0, 0.1) is 5.92 Å². The molecule has 116 valence electrons. The first-order chi connectivity index (χ1) is 9.88. The maximum atomic E-state index is 5.35. The zero-order chi connectivity index (χ0) is 14.0. The summed E-state index contributed by atoms with van der Waals surface area (Å²) in [6.45, 7) is 6.88. The maximum Gasteiger partial charge on any atom is 0.191 e. The van der Waals surface area contributed by atoms with Gasteiger partial charge in [0.05, 0.1) is 13.2 Å². The van der Waals surface area contributed by atoms with Crippen molar-refractivity contribution in [3.8, 4) is 0 Å². The SMILES string of the molecule is CN=C(NCCN1CCOCC1)NCC1CCCSC1. The van der Waals surface area contributed by atoms with Crippen LogP contribution in [0.3, 0.4) is 0 Å². The van der Waals surface area contributed by atoms with Crippen molar-refractivity contribution in [1.82, 2.24) is 15.5 Å². The van der Waals surface area contributed by atoms with Crippen molar-refractivity contribution in [1.29, 1.82) is 0 Å². The molecule has 2 rings (SSSR count).